The van der Waals surface area contributed by atoms with Crippen molar-refractivity contribution >= 4 is 31.9 Å². The molecule has 0 amide bonds. The molecule has 0 aliphatic carbocycles. The molecule has 2 rings (SSSR count). The highest BCUT2D eigenvalue weighted by atomic mass is 79.9. The Bertz CT molecular complexity index is 426. The van der Waals surface area contributed by atoms with Gasteiger partial charge in [0.25, 0.3) is 0 Å². The number of fused-ring (bicyclic) bond motifs is 1. The van der Waals surface area contributed by atoms with Gasteiger partial charge in [-0.15, -0.1) is 0 Å². The van der Waals surface area contributed by atoms with Crippen molar-refractivity contribution in [2.75, 3.05) is 0 Å². The van der Waals surface area contributed by atoms with Gasteiger partial charge in [0.1, 0.15) is 11.4 Å². The molecular formula is C13H16Br2O. The minimum absolute atomic E-state index is 0.162. The van der Waals surface area contributed by atoms with Gasteiger partial charge in [-0.05, 0) is 44.0 Å². The molecule has 0 aromatic heterocycles. The molecule has 1 aliphatic heterocycles. The summed E-state index contributed by atoms with van der Waals surface area (Å²) in [6.45, 7) is 8.61. The topological polar surface area (TPSA) is 9.23 Å². The average Bonchev–Trinajstić information content (AvgIpc) is 2.17. The third-order valence-corrected chi connectivity index (χ3v) is 5.58. The molecule has 0 bridgehead atoms. The molecule has 0 saturated heterocycles. The maximum absolute atomic E-state index is 6.12. The van der Waals surface area contributed by atoms with Crippen molar-refractivity contribution in [1.82, 2.24) is 0 Å². The smallest absolute Gasteiger partial charge is 0.126 e. The van der Waals surface area contributed by atoms with Crippen molar-refractivity contribution in [3.63, 3.8) is 0 Å². The SMILES string of the molecule is Cc1cc(Br)cc2c1OC(C)(C)C(Br)C2C. The third-order valence-electron chi connectivity index (χ3n) is 3.23. The van der Waals surface area contributed by atoms with Crippen molar-refractivity contribution in [3.05, 3.63) is 27.7 Å². The van der Waals surface area contributed by atoms with Crippen molar-refractivity contribution in [1.29, 1.82) is 0 Å². The molecule has 3 heteroatoms. The Morgan fingerprint density at radius 2 is 1.94 bits per heavy atom. The zero-order valence-corrected chi connectivity index (χ0v) is 13.1. The van der Waals surface area contributed by atoms with Gasteiger partial charge in [-0.2, -0.15) is 0 Å². The minimum Gasteiger partial charge on any atom is -0.486 e. The summed E-state index contributed by atoms with van der Waals surface area (Å²) in [5.41, 5.74) is 2.32. The van der Waals surface area contributed by atoms with Gasteiger partial charge in [-0.1, -0.05) is 38.8 Å². The number of aryl methyl sites for hydroxylation is 1. The number of hydrogen-bond donors (Lipinski definition) is 0. The number of rotatable bonds is 0. The number of alkyl halides is 1. The first-order valence-corrected chi connectivity index (χ1v) is 7.17. The summed E-state index contributed by atoms with van der Waals surface area (Å²) in [4.78, 5) is 0.334. The molecular weight excluding hydrogens is 332 g/mol. The molecule has 0 spiro atoms. The standard InChI is InChI=1S/C13H16Br2O/c1-7-5-9(14)6-10-8(2)12(15)13(3,4)16-11(7)10/h5-6,8,12H,1-4H3. The largest absolute Gasteiger partial charge is 0.486 e. The van der Waals surface area contributed by atoms with Crippen LogP contribution in [0.25, 0.3) is 0 Å². The monoisotopic (exact) mass is 346 g/mol. The van der Waals surface area contributed by atoms with Crippen LogP contribution in [0.15, 0.2) is 16.6 Å². The average molecular weight is 348 g/mol. The summed E-state index contributed by atoms with van der Waals surface area (Å²) in [5.74, 6) is 1.51. The normalized spacial score (nSPS) is 27.1. The van der Waals surface area contributed by atoms with E-state index in [-0.39, 0.29) is 5.60 Å². The van der Waals surface area contributed by atoms with Crippen LogP contribution in [0.1, 0.15) is 37.8 Å². The van der Waals surface area contributed by atoms with Gasteiger partial charge >= 0.3 is 0 Å². The highest BCUT2D eigenvalue weighted by molar-refractivity contribution is 9.10. The lowest BCUT2D eigenvalue weighted by Gasteiger charge is -2.41. The van der Waals surface area contributed by atoms with Crippen LogP contribution in [-0.2, 0) is 0 Å². The van der Waals surface area contributed by atoms with E-state index in [0.717, 1.165) is 10.2 Å². The quantitative estimate of drug-likeness (QED) is 0.613. The van der Waals surface area contributed by atoms with Gasteiger partial charge in [0.15, 0.2) is 0 Å². The molecule has 88 valence electrons. The van der Waals surface area contributed by atoms with Crippen molar-refractivity contribution in [2.24, 2.45) is 0 Å². The lowest BCUT2D eigenvalue weighted by Crippen LogP contribution is -2.44. The molecule has 1 aromatic carbocycles. The molecule has 0 fully saturated rings. The Morgan fingerprint density at radius 1 is 1.31 bits per heavy atom. The Morgan fingerprint density at radius 3 is 2.56 bits per heavy atom. The van der Waals surface area contributed by atoms with E-state index in [4.69, 9.17) is 4.74 Å². The first kappa shape index (κ1) is 12.4. The summed E-state index contributed by atoms with van der Waals surface area (Å²) in [7, 11) is 0. The second-order valence-electron chi connectivity index (χ2n) is 5.04. The van der Waals surface area contributed by atoms with Crippen LogP contribution in [0.5, 0.6) is 5.75 Å². The second-order valence-corrected chi connectivity index (χ2v) is 6.94. The molecule has 1 aliphatic rings. The van der Waals surface area contributed by atoms with E-state index in [1.165, 1.54) is 11.1 Å². The van der Waals surface area contributed by atoms with Crippen LogP contribution in [0.2, 0.25) is 0 Å². The van der Waals surface area contributed by atoms with E-state index in [9.17, 15) is 0 Å². The fourth-order valence-corrected chi connectivity index (χ4v) is 3.28. The first-order valence-electron chi connectivity index (χ1n) is 5.46. The van der Waals surface area contributed by atoms with Gasteiger partial charge < -0.3 is 4.74 Å². The van der Waals surface area contributed by atoms with Crippen molar-refractivity contribution < 1.29 is 4.74 Å². The van der Waals surface area contributed by atoms with E-state index in [2.05, 4.69) is 71.7 Å². The molecule has 1 heterocycles. The fourth-order valence-electron chi connectivity index (χ4n) is 2.31. The van der Waals surface area contributed by atoms with Gasteiger partial charge in [-0.3, -0.25) is 0 Å². The molecule has 1 nitrogen and oxygen atoms in total. The highest BCUT2D eigenvalue weighted by Crippen LogP contribution is 2.46. The first-order chi connectivity index (χ1) is 7.33. The van der Waals surface area contributed by atoms with E-state index < -0.39 is 0 Å². The van der Waals surface area contributed by atoms with E-state index >= 15 is 0 Å². The van der Waals surface area contributed by atoms with Crippen LogP contribution < -0.4 is 4.74 Å². The Kier molecular flexibility index (Phi) is 3.13. The molecule has 0 saturated carbocycles. The van der Waals surface area contributed by atoms with Crippen LogP contribution in [-0.4, -0.2) is 10.4 Å². The van der Waals surface area contributed by atoms with Crippen molar-refractivity contribution in [3.8, 4) is 5.75 Å². The Hall–Kier alpha value is -0.0200. The lowest BCUT2D eigenvalue weighted by molar-refractivity contribution is 0.0831. The van der Waals surface area contributed by atoms with Crippen LogP contribution >= 0.6 is 31.9 Å². The fraction of sp³-hybridized carbons (Fsp3) is 0.538. The lowest BCUT2D eigenvalue weighted by atomic mass is 9.84. The van der Waals surface area contributed by atoms with Crippen LogP contribution in [0.3, 0.4) is 0 Å². The number of ether oxygens (including phenoxy) is 1. The molecule has 2 atom stereocenters. The number of hydrogen-bond acceptors (Lipinski definition) is 1. The van der Waals surface area contributed by atoms with E-state index in [0.29, 0.717) is 10.7 Å². The molecule has 16 heavy (non-hydrogen) atoms. The number of halogens is 2. The minimum atomic E-state index is -0.162. The van der Waals surface area contributed by atoms with Gasteiger partial charge in [0, 0.05) is 10.4 Å². The summed E-state index contributed by atoms with van der Waals surface area (Å²) in [6.07, 6.45) is 0. The summed E-state index contributed by atoms with van der Waals surface area (Å²) in [6, 6.07) is 4.27. The molecule has 0 N–H and O–H groups in total. The van der Waals surface area contributed by atoms with Gasteiger partial charge in [0.2, 0.25) is 0 Å². The Labute approximate surface area is 114 Å². The maximum Gasteiger partial charge on any atom is 0.126 e. The summed E-state index contributed by atoms with van der Waals surface area (Å²) in [5, 5.41) is 0. The summed E-state index contributed by atoms with van der Waals surface area (Å²) < 4.78 is 7.24. The van der Waals surface area contributed by atoms with Gasteiger partial charge in [-0.25, -0.2) is 0 Å². The Balaban J connectivity index is 2.59. The second kappa shape index (κ2) is 4.02. The zero-order valence-electron chi connectivity index (χ0n) is 9.97. The predicted molar refractivity (Wildman–Crippen MR) is 74.7 cm³/mol. The zero-order chi connectivity index (χ0) is 12.1. The summed E-state index contributed by atoms with van der Waals surface area (Å²) >= 11 is 7.30. The number of benzene rings is 1. The predicted octanol–water partition coefficient (Wildman–Crippen LogP) is 4.80. The van der Waals surface area contributed by atoms with Crippen molar-refractivity contribution in [2.45, 2.75) is 44.0 Å². The third kappa shape index (κ3) is 1.92. The maximum atomic E-state index is 6.12. The van der Waals surface area contributed by atoms with Crippen LogP contribution in [0.4, 0.5) is 0 Å². The highest BCUT2D eigenvalue weighted by Gasteiger charge is 2.40. The van der Waals surface area contributed by atoms with E-state index in [1.807, 2.05) is 0 Å². The molecule has 2 unspecified atom stereocenters. The molecule has 1 aromatic rings. The van der Waals surface area contributed by atoms with E-state index in [1.54, 1.807) is 0 Å². The van der Waals surface area contributed by atoms with Gasteiger partial charge in [0.05, 0.1) is 4.83 Å². The molecule has 0 radical (unpaired) electrons. The van der Waals surface area contributed by atoms with Crippen LogP contribution in [0, 0.1) is 6.92 Å².